The summed E-state index contributed by atoms with van der Waals surface area (Å²) in [6.45, 7) is 2.97. The van der Waals surface area contributed by atoms with E-state index >= 15 is 0 Å². The summed E-state index contributed by atoms with van der Waals surface area (Å²) in [4.78, 5) is 14.3. The van der Waals surface area contributed by atoms with Gasteiger partial charge in [0.05, 0.1) is 12.6 Å². The van der Waals surface area contributed by atoms with E-state index in [0.29, 0.717) is 17.9 Å². The van der Waals surface area contributed by atoms with Crippen LogP contribution in [-0.2, 0) is 9.53 Å². The summed E-state index contributed by atoms with van der Waals surface area (Å²) in [5, 5.41) is 0. The zero-order valence-corrected chi connectivity index (χ0v) is 10.1. The molecule has 0 aromatic rings. The lowest BCUT2D eigenvalue weighted by molar-refractivity contribution is -0.152. The molecule has 1 amide bonds. The molecule has 2 heterocycles. The molecule has 90 valence electrons. The van der Waals surface area contributed by atoms with Gasteiger partial charge in [-0.1, -0.05) is 19.8 Å². The van der Waals surface area contributed by atoms with E-state index in [-0.39, 0.29) is 5.72 Å². The Morgan fingerprint density at radius 2 is 2.12 bits per heavy atom. The van der Waals surface area contributed by atoms with Crippen LogP contribution in [0.1, 0.15) is 51.9 Å². The predicted octanol–water partition coefficient (Wildman–Crippen LogP) is 2.30. The second-order valence-corrected chi connectivity index (χ2v) is 5.52. The Morgan fingerprint density at radius 3 is 2.81 bits per heavy atom. The fraction of sp³-hybridized carbons (Fsp3) is 0.923. The molecule has 0 unspecified atom stereocenters. The van der Waals surface area contributed by atoms with Gasteiger partial charge in [-0.25, -0.2) is 0 Å². The van der Waals surface area contributed by atoms with Crippen LogP contribution in [0.15, 0.2) is 0 Å². The van der Waals surface area contributed by atoms with Crippen molar-refractivity contribution in [2.24, 2.45) is 5.92 Å². The highest BCUT2D eigenvalue weighted by atomic mass is 16.5. The molecule has 0 aromatic carbocycles. The standard InChI is InChI=1S/C13H21NO2/c1-2-10-8-12(15)14-11(10)9-16-13(14)6-4-3-5-7-13/h10-11H,2-9H2,1H3/t10-,11-/m1/s1. The van der Waals surface area contributed by atoms with Gasteiger partial charge in [0.25, 0.3) is 0 Å². The quantitative estimate of drug-likeness (QED) is 0.682. The molecular weight excluding hydrogens is 202 g/mol. The summed E-state index contributed by atoms with van der Waals surface area (Å²) in [5.41, 5.74) is -0.191. The van der Waals surface area contributed by atoms with Crippen LogP contribution in [0.4, 0.5) is 0 Å². The smallest absolute Gasteiger partial charge is 0.225 e. The van der Waals surface area contributed by atoms with E-state index in [1.165, 1.54) is 19.3 Å². The van der Waals surface area contributed by atoms with Gasteiger partial charge >= 0.3 is 0 Å². The third kappa shape index (κ3) is 1.33. The first kappa shape index (κ1) is 10.6. The molecule has 0 aromatic heterocycles. The highest BCUT2D eigenvalue weighted by molar-refractivity contribution is 5.80. The van der Waals surface area contributed by atoms with Crippen molar-refractivity contribution in [2.45, 2.75) is 63.6 Å². The molecule has 0 N–H and O–H groups in total. The van der Waals surface area contributed by atoms with Crippen molar-refractivity contribution in [3.05, 3.63) is 0 Å². The number of ether oxygens (including phenoxy) is 1. The van der Waals surface area contributed by atoms with Crippen LogP contribution in [0, 0.1) is 5.92 Å². The van der Waals surface area contributed by atoms with Crippen molar-refractivity contribution in [3.8, 4) is 0 Å². The maximum absolute atomic E-state index is 12.1. The van der Waals surface area contributed by atoms with Gasteiger partial charge in [-0.3, -0.25) is 4.79 Å². The Balaban J connectivity index is 1.86. The van der Waals surface area contributed by atoms with Crippen molar-refractivity contribution in [2.75, 3.05) is 6.61 Å². The van der Waals surface area contributed by atoms with Crippen LogP contribution in [0.25, 0.3) is 0 Å². The number of carbonyl (C=O) groups excluding carboxylic acids is 1. The molecule has 3 rings (SSSR count). The maximum Gasteiger partial charge on any atom is 0.225 e. The molecule has 3 aliphatic rings. The van der Waals surface area contributed by atoms with Gasteiger partial charge in [-0.15, -0.1) is 0 Å². The molecule has 1 aliphatic carbocycles. The first-order valence-electron chi connectivity index (χ1n) is 6.73. The van der Waals surface area contributed by atoms with Crippen molar-refractivity contribution >= 4 is 5.91 Å². The second-order valence-electron chi connectivity index (χ2n) is 5.52. The van der Waals surface area contributed by atoms with E-state index in [1.807, 2.05) is 0 Å². The molecule has 2 aliphatic heterocycles. The Bertz CT molecular complexity index is 296. The molecule has 16 heavy (non-hydrogen) atoms. The first-order chi connectivity index (χ1) is 7.77. The number of amides is 1. The molecule has 0 radical (unpaired) electrons. The zero-order chi connectivity index (χ0) is 11.2. The van der Waals surface area contributed by atoms with Gasteiger partial charge in [0.1, 0.15) is 5.72 Å². The normalized spacial score (nSPS) is 37.1. The minimum atomic E-state index is -0.191. The van der Waals surface area contributed by atoms with Crippen molar-refractivity contribution < 1.29 is 9.53 Å². The average Bonchev–Trinajstić information content (AvgIpc) is 2.82. The molecule has 0 bridgehead atoms. The lowest BCUT2D eigenvalue weighted by atomic mass is 9.90. The second kappa shape index (κ2) is 3.73. The van der Waals surface area contributed by atoms with Gasteiger partial charge in [-0.2, -0.15) is 0 Å². The van der Waals surface area contributed by atoms with E-state index in [1.54, 1.807) is 0 Å². The third-order valence-corrected chi connectivity index (χ3v) is 4.70. The largest absolute Gasteiger partial charge is 0.353 e. The molecule has 3 nitrogen and oxygen atoms in total. The maximum atomic E-state index is 12.1. The topological polar surface area (TPSA) is 29.5 Å². The summed E-state index contributed by atoms with van der Waals surface area (Å²) in [5.74, 6) is 0.880. The summed E-state index contributed by atoms with van der Waals surface area (Å²) in [6, 6.07) is 0.385. The molecule has 2 saturated heterocycles. The minimum Gasteiger partial charge on any atom is -0.353 e. The fourth-order valence-electron chi connectivity index (χ4n) is 3.81. The van der Waals surface area contributed by atoms with Crippen molar-refractivity contribution in [1.29, 1.82) is 0 Å². The van der Waals surface area contributed by atoms with E-state index in [4.69, 9.17) is 4.74 Å². The van der Waals surface area contributed by atoms with Gasteiger partial charge in [0.2, 0.25) is 5.91 Å². The summed E-state index contributed by atoms with van der Waals surface area (Å²) < 4.78 is 6.06. The SMILES string of the molecule is CC[C@@H]1CC(=O)N2[C@@H]1COC21CCCCC1. The molecule has 2 atom stereocenters. The molecule has 1 spiro atoms. The average molecular weight is 223 g/mol. The van der Waals surface area contributed by atoms with Gasteiger partial charge in [-0.05, 0) is 31.6 Å². The number of fused-ring (bicyclic) bond motifs is 2. The van der Waals surface area contributed by atoms with E-state index in [9.17, 15) is 4.79 Å². The van der Waals surface area contributed by atoms with Crippen LogP contribution < -0.4 is 0 Å². The van der Waals surface area contributed by atoms with Crippen LogP contribution in [0.3, 0.4) is 0 Å². The minimum absolute atomic E-state index is 0.191. The molecule has 1 saturated carbocycles. The van der Waals surface area contributed by atoms with Gasteiger partial charge in [0, 0.05) is 6.42 Å². The highest BCUT2D eigenvalue weighted by Gasteiger charge is 2.55. The first-order valence-corrected chi connectivity index (χ1v) is 6.73. The molecular formula is C13H21NO2. The Labute approximate surface area is 97.1 Å². The number of nitrogens with zero attached hydrogens (tertiary/aromatic N) is 1. The lowest BCUT2D eigenvalue weighted by Gasteiger charge is -2.39. The van der Waals surface area contributed by atoms with Crippen molar-refractivity contribution in [3.63, 3.8) is 0 Å². The summed E-state index contributed by atoms with van der Waals surface area (Å²) in [7, 11) is 0. The Kier molecular flexibility index (Phi) is 2.46. The number of carbonyl (C=O) groups is 1. The third-order valence-electron chi connectivity index (χ3n) is 4.70. The van der Waals surface area contributed by atoms with Crippen LogP contribution in [0.2, 0.25) is 0 Å². The Morgan fingerprint density at radius 1 is 1.38 bits per heavy atom. The fourth-order valence-corrected chi connectivity index (χ4v) is 3.81. The van der Waals surface area contributed by atoms with Gasteiger partial charge < -0.3 is 9.64 Å². The zero-order valence-electron chi connectivity index (χ0n) is 10.1. The van der Waals surface area contributed by atoms with Crippen LogP contribution in [-0.4, -0.2) is 29.2 Å². The predicted molar refractivity (Wildman–Crippen MR) is 60.8 cm³/mol. The monoisotopic (exact) mass is 223 g/mol. The number of hydrogen-bond donors (Lipinski definition) is 0. The van der Waals surface area contributed by atoms with Crippen LogP contribution in [0.5, 0.6) is 0 Å². The van der Waals surface area contributed by atoms with E-state index in [2.05, 4.69) is 11.8 Å². The number of hydrogen-bond acceptors (Lipinski definition) is 2. The number of rotatable bonds is 1. The van der Waals surface area contributed by atoms with Gasteiger partial charge in [0.15, 0.2) is 0 Å². The van der Waals surface area contributed by atoms with E-state index < -0.39 is 0 Å². The highest BCUT2D eigenvalue weighted by Crippen LogP contribution is 2.46. The molecule has 3 fully saturated rings. The van der Waals surface area contributed by atoms with Crippen molar-refractivity contribution in [1.82, 2.24) is 4.90 Å². The summed E-state index contributed by atoms with van der Waals surface area (Å²) >= 11 is 0. The Hall–Kier alpha value is -0.570. The summed E-state index contributed by atoms with van der Waals surface area (Å²) in [6.07, 6.45) is 7.71. The lowest BCUT2D eigenvalue weighted by Crippen LogP contribution is -2.49. The molecule has 3 heteroatoms. The van der Waals surface area contributed by atoms with Crippen LogP contribution >= 0.6 is 0 Å². The van der Waals surface area contributed by atoms with E-state index in [0.717, 1.165) is 32.3 Å².